The highest BCUT2D eigenvalue weighted by Gasteiger charge is 2.20. The standard InChI is InChI=1S/C14H15BrN2O4/c1-8(15)7-12(14(20)21)17-13(19)10-3-5-11(6-4-10)16-9(2)18/h3-6,12H,1,7H2,2H3,(H,16,18)(H,17,19)(H,20,21)/t12-/m1/s1. The molecule has 0 bridgehead atoms. The third-order valence-corrected chi connectivity index (χ3v) is 2.82. The second-order valence-corrected chi connectivity index (χ2v) is 5.47. The van der Waals surface area contributed by atoms with Crippen molar-refractivity contribution in [2.75, 3.05) is 5.32 Å². The molecule has 0 saturated heterocycles. The van der Waals surface area contributed by atoms with Crippen LogP contribution in [0, 0.1) is 0 Å². The molecule has 3 N–H and O–H groups in total. The lowest BCUT2D eigenvalue weighted by Crippen LogP contribution is -2.40. The van der Waals surface area contributed by atoms with Crippen molar-refractivity contribution in [3.63, 3.8) is 0 Å². The first-order valence-electron chi connectivity index (χ1n) is 6.04. The summed E-state index contributed by atoms with van der Waals surface area (Å²) in [7, 11) is 0. The van der Waals surface area contributed by atoms with E-state index in [4.69, 9.17) is 5.11 Å². The van der Waals surface area contributed by atoms with Gasteiger partial charge in [0.15, 0.2) is 0 Å². The Morgan fingerprint density at radius 2 is 1.86 bits per heavy atom. The van der Waals surface area contributed by atoms with Crippen LogP contribution in [0.4, 0.5) is 5.69 Å². The van der Waals surface area contributed by atoms with E-state index in [2.05, 4.69) is 33.1 Å². The van der Waals surface area contributed by atoms with Crippen molar-refractivity contribution in [3.8, 4) is 0 Å². The molecule has 2 amide bonds. The Labute approximate surface area is 130 Å². The van der Waals surface area contributed by atoms with Gasteiger partial charge in [-0.1, -0.05) is 22.5 Å². The van der Waals surface area contributed by atoms with Gasteiger partial charge in [-0.15, -0.1) is 0 Å². The highest BCUT2D eigenvalue weighted by Crippen LogP contribution is 2.13. The van der Waals surface area contributed by atoms with Crippen LogP contribution in [0.5, 0.6) is 0 Å². The topological polar surface area (TPSA) is 95.5 Å². The van der Waals surface area contributed by atoms with Gasteiger partial charge in [0.25, 0.3) is 5.91 Å². The Bertz CT molecular complexity index is 569. The van der Waals surface area contributed by atoms with Crippen LogP contribution in [0.2, 0.25) is 0 Å². The highest BCUT2D eigenvalue weighted by atomic mass is 79.9. The molecule has 0 heterocycles. The van der Waals surface area contributed by atoms with Crippen LogP contribution in [0.1, 0.15) is 23.7 Å². The number of carbonyl (C=O) groups excluding carboxylic acids is 2. The molecule has 1 aromatic rings. The molecule has 1 aromatic carbocycles. The smallest absolute Gasteiger partial charge is 0.326 e. The number of halogens is 1. The van der Waals surface area contributed by atoms with E-state index in [0.717, 1.165) is 0 Å². The van der Waals surface area contributed by atoms with Gasteiger partial charge < -0.3 is 15.7 Å². The van der Waals surface area contributed by atoms with Crippen LogP contribution in [0.3, 0.4) is 0 Å². The molecule has 0 radical (unpaired) electrons. The quantitative estimate of drug-likeness (QED) is 0.729. The number of benzene rings is 1. The van der Waals surface area contributed by atoms with Gasteiger partial charge in [0.05, 0.1) is 0 Å². The lowest BCUT2D eigenvalue weighted by Gasteiger charge is -2.14. The minimum Gasteiger partial charge on any atom is -0.480 e. The van der Waals surface area contributed by atoms with Crippen LogP contribution in [-0.4, -0.2) is 28.9 Å². The van der Waals surface area contributed by atoms with Gasteiger partial charge in [0.2, 0.25) is 5.91 Å². The number of carboxylic acid groups (broad SMARTS) is 1. The lowest BCUT2D eigenvalue weighted by atomic mass is 10.1. The minimum absolute atomic E-state index is 0.0883. The predicted octanol–water partition coefficient (Wildman–Crippen LogP) is 2.13. The van der Waals surface area contributed by atoms with E-state index >= 15 is 0 Å². The molecule has 6 nitrogen and oxygen atoms in total. The fourth-order valence-electron chi connectivity index (χ4n) is 1.57. The van der Waals surface area contributed by atoms with Crippen LogP contribution < -0.4 is 10.6 Å². The van der Waals surface area contributed by atoms with Gasteiger partial charge in [0, 0.05) is 24.6 Å². The molecule has 112 valence electrons. The monoisotopic (exact) mass is 354 g/mol. The predicted molar refractivity (Wildman–Crippen MR) is 82.3 cm³/mol. The zero-order chi connectivity index (χ0) is 16.0. The Kier molecular flexibility index (Phi) is 6.10. The lowest BCUT2D eigenvalue weighted by molar-refractivity contribution is -0.139. The van der Waals surface area contributed by atoms with E-state index in [1.54, 1.807) is 12.1 Å². The van der Waals surface area contributed by atoms with Crippen molar-refractivity contribution >= 4 is 39.4 Å². The van der Waals surface area contributed by atoms with E-state index in [0.29, 0.717) is 15.7 Å². The molecule has 21 heavy (non-hydrogen) atoms. The fourth-order valence-corrected chi connectivity index (χ4v) is 1.90. The molecule has 0 unspecified atom stereocenters. The second-order valence-electron chi connectivity index (χ2n) is 4.34. The third-order valence-electron chi connectivity index (χ3n) is 2.50. The number of aliphatic carboxylic acids is 1. The molecule has 0 aliphatic heterocycles. The Morgan fingerprint density at radius 3 is 2.29 bits per heavy atom. The summed E-state index contributed by atoms with van der Waals surface area (Å²) in [6.45, 7) is 4.94. The van der Waals surface area contributed by atoms with Crippen molar-refractivity contribution in [2.45, 2.75) is 19.4 Å². The average molecular weight is 355 g/mol. The zero-order valence-corrected chi connectivity index (χ0v) is 12.9. The molecule has 0 saturated carbocycles. The minimum atomic E-state index is -1.14. The summed E-state index contributed by atoms with van der Waals surface area (Å²) < 4.78 is 0.483. The molecule has 1 atom stereocenters. The molecule has 0 aromatic heterocycles. The summed E-state index contributed by atoms with van der Waals surface area (Å²) in [6, 6.07) is 5.08. The van der Waals surface area contributed by atoms with Gasteiger partial charge in [-0.05, 0) is 28.7 Å². The summed E-state index contributed by atoms with van der Waals surface area (Å²) in [6.07, 6.45) is 0.0883. The number of anilines is 1. The van der Waals surface area contributed by atoms with Crippen LogP contribution in [0.25, 0.3) is 0 Å². The van der Waals surface area contributed by atoms with Gasteiger partial charge in [-0.25, -0.2) is 4.79 Å². The second kappa shape index (κ2) is 7.58. The van der Waals surface area contributed by atoms with Gasteiger partial charge in [0.1, 0.15) is 6.04 Å². The average Bonchev–Trinajstić information content (AvgIpc) is 2.37. The zero-order valence-electron chi connectivity index (χ0n) is 11.4. The summed E-state index contributed by atoms with van der Waals surface area (Å²) in [5.41, 5.74) is 0.859. The third kappa shape index (κ3) is 5.78. The van der Waals surface area contributed by atoms with Crippen LogP contribution >= 0.6 is 15.9 Å². The molecule has 0 aliphatic rings. The first-order chi connectivity index (χ1) is 9.79. The van der Waals surface area contributed by atoms with Gasteiger partial charge in [-0.3, -0.25) is 9.59 Å². The molecule has 1 rings (SSSR count). The number of nitrogens with one attached hydrogen (secondary N) is 2. The number of carboxylic acids is 1. The van der Waals surface area contributed by atoms with E-state index in [9.17, 15) is 14.4 Å². The first-order valence-corrected chi connectivity index (χ1v) is 6.83. The Morgan fingerprint density at radius 1 is 1.29 bits per heavy atom. The van der Waals surface area contributed by atoms with Crippen molar-refractivity contribution in [1.29, 1.82) is 0 Å². The molecular formula is C14H15BrN2O4. The maximum atomic E-state index is 12.0. The highest BCUT2D eigenvalue weighted by molar-refractivity contribution is 9.11. The van der Waals surface area contributed by atoms with Gasteiger partial charge >= 0.3 is 5.97 Å². The number of carbonyl (C=O) groups is 3. The Hall–Kier alpha value is -2.15. The maximum absolute atomic E-state index is 12.0. The Balaban J connectivity index is 2.76. The van der Waals surface area contributed by atoms with Crippen LogP contribution in [-0.2, 0) is 9.59 Å². The summed E-state index contributed by atoms with van der Waals surface area (Å²) in [4.78, 5) is 33.9. The maximum Gasteiger partial charge on any atom is 0.326 e. The molecule has 7 heteroatoms. The first kappa shape index (κ1) is 16.9. The number of rotatable bonds is 6. The van der Waals surface area contributed by atoms with E-state index in [-0.39, 0.29) is 12.3 Å². The summed E-state index contributed by atoms with van der Waals surface area (Å²) in [5.74, 6) is -1.86. The van der Waals surface area contributed by atoms with E-state index < -0.39 is 17.9 Å². The van der Waals surface area contributed by atoms with Crippen molar-refractivity contribution in [1.82, 2.24) is 5.32 Å². The van der Waals surface area contributed by atoms with E-state index in [1.807, 2.05) is 0 Å². The fraction of sp³-hybridized carbons (Fsp3) is 0.214. The normalized spacial score (nSPS) is 11.3. The van der Waals surface area contributed by atoms with Gasteiger partial charge in [-0.2, -0.15) is 0 Å². The van der Waals surface area contributed by atoms with E-state index in [1.165, 1.54) is 19.1 Å². The molecule has 0 aliphatic carbocycles. The molecular weight excluding hydrogens is 340 g/mol. The van der Waals surface area contributed by atoms with Crippen LogP contribution in [0.15, 0.2) is 35.3 Å². The van der Waals surface area contributed by atoms with Crippen molar-refractivity contribution in [3.05, 3.63) is 40.9 Å². The molecule has 0 spiro atoms. The van der Waals surface area contributed by atoms with Crippen molar-refractivity contribution < 1.29 is 19.5 Å². The van der Waals surface area contributed by atoms with Crippen molar-refractivity contribution in [2.24, 2.45) is 0 Å². The largest absolute Gasteiger partial charge is 0.480 e. The SMILES string of the molecule is C=C(Br)C[C@@H](NC(=O)c1ccc(NC(C)=O)cc1)C(=O)O. The summed E-state index contributed by atoms with van der Waals surface area (Å²) in [5, 5.41) is 14.0. The number of hydrogen-bond acceptors (Lipinski definition) is 3. The number of amides is 2. The molecule has 0 fully saturated rings. The number of hydrogen-bond donors (Lipinski definition) is 3. The summed E-state index contributed by atoms with van der Waals surface area (Å²) >= 11 is 3.07.